The third-order valence-corrected chi connectivity index (χ3v) is 6.52. The number of thiazole rings is 1. The summed E-state index contributed by atoms with van der Waals surface area (Å²) in [5.41, 5.74) is 0.864. The molecule has 5 nitrogen and oxygen atoms in total. The summed E-state index contributed by atoms with van der Waals surface area (Å²) in [5.74, 6) is 0.227. The van der Waals surface area contributed by atoms with E-state index in [0.717, 1.165) is 14.6 Å². The van der Waals surface area contributed by atoms with Gasteiger partial charge in [-0.3, -0.25) is 9.59 Å². The van der Waals surface area contributed by atoms with E-state index in [0.29, 0.717) is 43.3 Å². The van der Waals surface area contributed by atoms with Gasteiger partial charge in [-0.15, -0.1) is 11.3 Å². The number of aromatic nitrogens is 1. The van der Waals surface area contributed by atoms with Crippen LogP contribution < -0.4 is 0 Å². The molecule has 0 saturated carbocycles. The first-order chi connectivity index (χ1) is 12.1. The first-order valence-corrected chi connectivity index (χ1v) is 10.4. The number of halogens is 1. The highest BCUT2D eigenvalue weighted by atomic mass is 35.5. The average molecular weight is 399 g/mol. The number of amides is 1. The SMILES string of the molecule is CCOC(=O)C1CCN(C(=O)CSc2nc3cc(Cl)ccc3s2)CC1. The van der Waals surface area contributed by atoms with Crippen molar-refractivity contribution in [1.82, 2.24) is 9.88 Å². The second kappa shape index (κ2) is 8.38. The van der Waals surface area contributed by atoms with Gasteiger partial charge in [-0.2, -0.15) is 0 Å². The largest absolute Gasteiger partial charge is 0.466 e. The van der Waals surface area contributed by atoms with Gasteiger partial charge in [0.25, 0.3) is 0 Å². The molecule has 1 fully saturated rings. The maximum absolute atomic E-state index is 12.4. The van der Waals surface area contributed by atoms with Gasteiger partial charge in [0.15, 0.2) is 4.34 Å². The van der Waals surface area contributed by atoms with Gasteiger partial charge in [-0.25, -0.2) is 4.98 Å². The predicted octanol–water partition coefficient (Wildman–Crippen LogP) is 3.84. The summed E-state index contributed by atoms with van der Waals surface area (Å²) in [5, 5.41) is 0.662. The molecule has 0 spiro atoms. The van der Waals surface area contributed by atoms with Crippen LogP contribution in [0.25, 0.3) is 10.2 Å². The minimum Gasteiger partial charge on any atom is -0.466 e. The lowest BCUT2D eigenvalue weighted by molar-refractivity contribution is -0.151. The Labute approximate surface area is 159 Å². The molecule has 0 N–H and O–H groups in total. The maximum atomic E-state index is 12.4. The van der Waals surface area contributed by atoms with Gasteiger partial charge in [0, 0.05) is 18.1 Å². The van der Waals surface area contributed by atoms with Crippen LogP contribution in [0.5, 0.6) is 0 Å². The number of benzene rings is 1. The molecule has 25 heavy (non-hydrogen) atoms. The van der Waals surface area contributed by atoms with E-state index in [1.165, 1.54) is 11.8 Å². The van der Waals surface area contributed by atoms with Gasteiger partial charge in [-0.1, -0.05) is 23.4 Å². The molecular weight excluding hydrogens is 380 g/mol. The van der Waals surface area contributed by atoms with Crippen molar-refractivity contribution >= 4 is 56.8 Å². The van der Waals surface area contributed by atoms with Gasteiger partial charge in [-0.05, 0) is 38.0 Å². The van der Waals surface area contributed by atoms with E-state index in [4.69, 9.17) is 16.3 Å². The fourth-order valence-electron chi connectivity index (χ4n) is 2.78. The number of carbonyl (C=O) groups excluding carboxylic acids is 2. The van der Waals surface area contributed by atoms with Crippen LogP contribution in [0, 0.1) is 5.92 Å². The van der Waals surface area contributed by atoms with E-state index in [9.17, 15) is 9.59 Å². The number of rotatable bonds is 5. The third kappa shape index (κ3) is 4.65. The zero-order chi connectivity index (χ0) is 17.8. The lowest BCUT2D eigenvalue weighted by Gasteiger charge is -2.30. The minimum atomic E-state index is -0.142. The molecule has 0 bridgehead atoms. The molecule has 1 aliphatic heterocycles. The summed E-state index contributed by atoms with van der Waals surface area (Å²) in [6.07, 6.45) is 1.35. The number of fused-ring (bicyclic) bond motifs is 1. The molecule has 1 aliphatic rings. The third-order valence-electron chi connectivity index (χ3n) is 4.12. The van der Waals surface area contributed by atoms with Gasteiger partial charge < -0.3 is 9.64 Å². The van der Waals surface area contributed by atoms with Crippen molar-refractivity contribution in [1.29, 1.82) is 0 Å². The van der Waals surface area contributed by atoms with Gasteiger partial charge in [0.2, 0.25) is 5.91 Å². The Hall–Kier alpha value is -1.31. The molecule has 0 unspecified atom stereocenters. The fourth-order valence-corrected chi connectivity index (χ4v) is 4.90. The van der Waals surface area contributed by atoms with Crippen molar-refractivity contribution in [3.8, 4) is 0 Å². The maximum Gasteiger partial charge on any atom is 0.309 e. The predicted molar refractivity (Wildman–Crippen MR) is 101 cm³/mol. The molecule has 1 aromatic heterocycles. The Balaban J connectivity index is 1.50. The molecule has 1 saturated heterocycles. The zero-order valence-corrected chi connectivity index (χ0v) is 16.3. The molecule has 2 heterocycles. The summed E-state index contributed by atoms with van der Waals surface area (Å²) in [6.45, 7) is 3.43. The number of ether oxygens (including phenoxy) is 1. The van der Waals surface area contributed by atoms with Crippen molar-refractivity contribution in [2.75, 3.05) is 25.4 Å². The molecule has 0 radical (unpaired) electrons. The first-order valence-electron chi connectivity index (χ1n) is 8.20. The van der Waals surface area contributed by atoms with E-state index in [-0.39, 0.29) is 17.8 Å². The highest BCUT2D eigenvalue weighted by Crippen LogP contribution is 2.31. The summed E-state index contributed by atoms with van der Waals surface area (Å²) in [4.78, 5) is 30.5. The standard InChI is InChI=1S/C17H19ClN2O3S2/c1-2-23-16(22)11-5-7-20(8-6-11)15(21)10-24-17-19-13-9-12(18)3-4-14(13)25-17/h3-4,9,11H,2,5-8,10H2,1H3. The molecule has 1 amide bonds. The molecule has 8 heteroatoms. The smallest absolute Gasteiger partial charge is 0.309 e. The van der Waals surface area contributed by atoms with Crippen molar-refractivity contribution in [2.45, 2.75) is 24.1 Å². The first kappa shape index (κ1) is 18.5. The average Bonchev–Trinajstić information content (AvgIpc) is 3.02. The molecule has 2 aromatic rings. The number of hydrogen-bond acceptors (Lipinski definition) is 6. The molecule has 0 aliphatic carbocycles. The normalized spacial score (nSPS) is 15.5. The van der Waals surface area contributed by atoms with Crippen molar-refractivity contribution in [3.05, 3.63) is 23.2 Å². The molecule has 0 atom stereocenters. The Bertz CT molecular complexity index is 772. The quantitative estimate of drug-likeness (QED) is 0.565. The molecule has 134 valence electrons. The Morgan fingerprint density at radius 1 is 1.40 bits per heavy atom. The van der Waals surface area contributed by atoms with Crippen LogP contribution in [0.3, 0.4) is 0 Å². The number of carbonyl (C=O) groups is 2. The van der Waals surface area contributed by atoms with Crippen LogP contribution in [0.4, 0.5) is 0 Å². The number of nitrogens with zero attached hydrogens (tertiary/aromatic N) is 2. The van der Waals surface area contributed by atoms with E-state index >= 15 is 0 Å². The lowest BCUT2D eigenvalue weighted by Crippen LogP contribution is -2.41. The Morgan fingerprint density at radius 3 is 2.88 bits per heavy atom. The van der Waals surface area contributed by atoms with Crippen molar-refractivity contribution in [2.24, 2.45) is 5.92 Å². The number of likely N-dealkylation sites (tertiary alicyclic amines) is 1. The van der Waals surface area contributed by atoms with Crippen LogP contribution in [-0.2, 0) is 14.3 Å². The summed E-state index contributed by atoms with van der Waals surface area (Å²) in [7, 11) is 0. The number of piperidine rings is 1. The second-order valence-electron chi connectivity index (χ2n) is 5.79. The van der Waals surface area contributed by atoms with E-state index < -0.39 is 0 Å². The highest BCUT2D eigenvalue weighted by Gasteiger charge is 2.28. The Kier molecular flexibility index (Phi) is 6.19. The van der Waals surface area contributed by atoms with Gasteiger partial charge in [0.1, 0.15) is 0 Å². The number of esters is 1. The summed E-state index contributed by atoms with van der Waals surface area (Å²) >= 11 is 8.99. The van der Waals surface area contributed by atoms with Crippen molar-refractivity contribution in [3.63, 3.8) is 0 Å². The lowest BCUT2D eigenvalue weighted by atomic mass is 9.97. The molecule has 3 rings (SSSR count). The number of hydrogen-bond donors (Lipinski definition) is 0. The Morgan fingerprint density at radius 2 is 2.16 bits per heavy atom. The summed E-state index contributed by atoms with van der Waals surface area (Å²) in [6, 6.07) is 5.62. The number of thioether (sulfide) groups is 1. The van der Waals surface area contributed by atoms with E-state index in [1.54, 1.807) is 11.3 Å². The van der Waals surface area contributed by atoms with Gasteiger partial charge in [0.05, 0.1) is 28.5 Å². The van der Waals surface area contributed by atoms with Crippen LogP contribution in [0.1, 0.15) is 19.8 Å². The van der Waals surface area contributed by atoms with Crippen molar-refractivity contribution < 1.29 is 14.3 Å². The second-order valence-corrected chi connectivity index (χ2v) is 8.48. The molecule has 1 aromatic carbocycles. The highest BCUT2D eigenvalue weighted by molar-refractivity contribution is 8.01. The summed E-state index contributed by atoms with van der Waals surface area (Å²) < 4.78 is 6.99. The van der Waals surface area contributed by atoms with Crippen LogP contribution in [0.15, 0.2) is 22.5 Å². The van der Waals surface area contributed by atoms with Gasteiger partial charge >= 0.3 is 5.97 Å². The van der Waals surface area contributed by atoms with E-state index in [2.05, 4.69) is 4.98 Å². The van der Waals surface area contributed by atoms with E-state index in [1.807, 2.05) is 30.0 Å². The minimum absolute atomic E-state index is 0.0781. The monoisotopic (exact) mass is 398 g/mol. The zero-order valence-electron chi connectivity index (χ0n) is 13.9. The fraction of sp³-hybridized carbons (Fsp3) is 0.471. The van der Waals surface area contributed by atoms with Crippen LogP contribution >= 0.6 is 34.7 Å². The van der Waals surface area contributed by atoms with Crippen LogP contribution in [-0.4, -0.2) is 47.2 Å². The molecular formula is C17H19ClN2O3S2. The van der Waals surface area contributed by atoms with Crippen LogP contribution in [0.2, 0.25) is 5.02 Å². The topological polar surface area (TPSA) is 59.5 Å².